The van der Waals surface area contributed by atoms with Gasteiger partial charge in [0.05, 0.1) is 0 Å². The van der Waals surface area contributed by atoms with Gasteiger partial charge in [-0.3, -0.25) is 4.79 Å². The molecule has 14 heavy (non-hydrogen) atoms. The third-order valence-corrected chi connectivity index (χ3v) is 1.72. The topological polar surface area (TPSA) is 66.4 Å². The van der Waals surface area contributed by atoms with Gasteiger partial charge in [0.2, 0.25) is 5.91 Å². The Bertz CT molecular complexity index is 251. The number of carbonyl (C=O) groups excluding carboxylic acids is 1. The number of rotatable bonds is 3. The van der Waals surface area contributed by atoms with Gasteiger partial charge in [-0.25, -0.2) is 4.79 Å². The molecule has 0 radical (unpaired) electrons. The van der Waals surface area contributed by atoms with E-state index in [9.17, 15) is 9.59 Å². The highest BCUT2D eigenvalue weighted by Gasteiger charge is 2.31. The van der Waals surface area contributed by atoms with Gasteiger partial charge in [-0.15, -0.1) is 0 Å². The van der Waals surface area contributed by atoms with Gasteiger partial charge in [-0.05, 0) is 18.4 Å². The molecule has 0 aliphatic heterocycles. The van der Waals surface area contributed by atoms with Crippen LogP contribution < -0.4 is 5.32 Å². The zero-order chi connectivity index (χ0) is 11.4. The van der Waals surface area contributed by atoms with Crippen LogP contribution >= 0.6 is 0 Å². The number of nitrogens with one attached hydrogen (secondary N) is 1. The molecule has 2 N–H and O–H groups in total. The molecule has 0 fully saturated rings. The van der Waals surface area contributed by atoms with E-state index >= 15 is 0 Å². The van der Waals surface area contributed by atoms with Gasteiger partial charge in [-0.2, -0.15) is 0 Å². The molecule has 0 heterocycles. The maximum atomic E-state index is 11.1. The second-order valence-corrected chi connectivity index (χ2v) is 4.15. The first-order chi connectivity index (χ1) is 6.29. The van der Waals surface area contributed by atoms with E-state index in [0.717, 1.165) is 0 Å². The third-order valence-electron chi connectivity index (χ3n) is 1.72. The quantitative estimate of drug-likeness (QED) is 0.671. The van der Waals surface area contributed by atoms with E-state index in [4.69, 9.17) is 5.11 Å². The first kappa shape index (κ1) is 12.7. The summed E-state index contributed by atoms with van der Waals surface area (Å²) < 4.78 is 0. The smallest absolute Gasteiger partial charge is 0.326 e. The lowest BCUT2D eigenvalue weighted by Crippen LogP contribution is -2.48. The van der Waals surface area contributed by atoms with Crippen LogP contribution in [-0.2, 0) is 9.59 Å². The Morgan fingerprint density at radius 2 is 1.86 bits per heavy atom. The van der Waals surface area contributed by atoms with Gasteiger partial charge in [-0.1, -0.05) is 26.8 Å². The maximum Gasteiger partial charge on any atom is 0.326 e. The predicted molar refractivity (Wildman–Crippen MR) is 53.8 cm³/mol. The van der Waals surface area contributed by atoms with Crippen LogP contribution in [0.2, 0.25) is 0 Å². The average Bonchev–Trinajstić information content (AvgIpc) is 1.98. The Hall–Kier alpha value is -1.32. The Balaban J connectivity index is 4.56. The van der Waals surface area contributed by atoms with E-state index in [1.807, 2.05) is 0 Å². The first-order valence-corrected chi connectivity index (χ1v) is 4.45. The van der Waals surface area contributed by atoms with Gasteiger partial charge in [0.25, 0.3) is 0 Å². The maximum absolute atomic E-state index is 11.1. The molecule has 1 unspecified atom stereocenters. The summed E-state index contributed by atoms with van der Waals surface area (Å²) in [5.41, 5.74) is -0.497. The van der Waals surface area contributed by atoms with Crippen molar-refractivity contribution in [1.82, 2.24) is 5.32 Å². The molecule has 0 aromatic heterocycles. The van der Waals surface area contributed by atoms with Gasteiger partial charge in [0.1, 0.15) is 6.04 Å². The van der Waals surface area contributed by atoms with E-state index in [-0.39, 0.29) is 5.91 Å². The zero-order valence-electron chi connectivity index (χ0n) is 9.00. The molecule has 0 aliphatic rings. The largest absolute Gasteiger partial charge is 0.480 e. The summed E-state index contributed by atoms with van der Waals surface area (Å²) in [6.45, 7) is 7.00. The number of allylic oxidation sites excluding steroid dienone is 1. The van der Waals surface area contributed by atoms with Gasteiger partial charge >= 0.3 is 5.97 Å². The molecule has 0 rings (SSSR count). The standard InChI is InChI=1S/C10H17NO3/c1-5-6-7(12)11-8(9(13)14)10(2,3)4/h5-6,8H,1-4H3,(H,11,12)(H,13,14)/b6-5+. The minimum atomic E-state index is -1.02. The molecule has 4 heteroatoms. The zero-order valence-corrected chi connectivity index (χ0v) is 9.00. The van der Waals surface area contributed by atoms with Gasteiger partial charge < -0.3 is 10.4 Å². The van der Waals surface area contributed by atoms with Crippen LogP contribution in [0.25, 0.3) is 0 Å². The molecule has 4 nitrogen and oxygen atoms in total. The van der Waals surface area contributed by atoms with Crippen LogP contribution in [0.4, 0.5) is 0 Å². The van der Waals surface area contributed by atoms with E-state index in [0.29, 0.717) is 0 Å². The van der Waals surface area contributed by atoms with Crippen molar-refractivity contribution in [2.75, 3.05) is 0 Å². The molecular weight excluding hydrogens is 182 g/mol. The lowest BCUT2D eigenvalue weighted by molar-refractivity contribution is -0.144. The Kier molecular flexibility index (Phi) is 4.34. The summed E-state index contributed by atoms with van der Waals surface area (Å²) >= 11 is 0. The minimum Gasteiger partial charge on any atom is -0.480 e. The van der Waals surface area contributed by atoms with Crippen molar-refractivity contribution in [3.05, 3.63) is 12.2 Å². The molecule has 80 valence electrons. The van der Waals surface area contributed by atoms with Crippen LogP contribution in [0.15, 0.2) is 12.2 Å². The van der Waals surface area contributed by atoms with Crippen LogP contribution in [0.5, 0.6) is 0 Å². The van der Waals surface area contributed by atoms with Crippen molar-refractivity contribution in [2.45, 2.75) is 33.7 Å². The fourth-order valence-corrected chi connectivity index (χ4v) is 0.990. The number of hydrogen-bond donors (Lipinski definition) is 2. The fraction of sp³-hybridized carbons (Fsp3) is 0.600. The highest BCUT2D eigenvalue weighted by Crippen LogP contribution is 2.19. The van der Waals surface area contributed by atoms with Crippen molar-refractivity contribution in [2.24, 2.45) is 5.41 Å². The number of amides is 1. The number of carbonyl (C=O) groups is 2. The molecule has 0 aliphatic carbocycles. The monoisotopic (exact) mass is 199 g/mol. The van der Waals surface area contributed by atoms with E-state index in [2.05, 4.69) is 5.32 Å². The Labute approximate surface area is 84.0 Å². The molecule has 1 amide bonds. The molecule has 0 aromatic rings. The molecule has 0 saturated carbocycles. The Morgan fingerprint density at radius 1 is 1.36 bits per heavy atom. The lowest BCUT2D eigenvalue weighted by Gasteiger charge is -2.27. The lowest BCUT2D eigenvalue weighted by atomic mass is 9.87. The van der Waals surface area contributed by atoms with Crippen molar-refractivity contribution in [1.29, 1.82) is 0 Å². The number of carboxylic acid groups (broad SMARTS) is 1. The predicted octanol–water partition coefficient (Wildman–Crippen LogP) is 1.18. The summed E-state index contributed by atoms with van der Waals surface area (Å²) in [5, 5.41) is 11.3. The van der Waals surface area contributed by atoms with Crippen LogP contribution in [0.3, 0.4) is 0 Å². The Morgan fingerprint density at radius 3 is 2.14 bits per heavy atom. The summed E-state index contributed by atoms with van der Waals surface area (Å²) in [6, 6.07) is -0.869. The van der Waals surface area contributed by atoms with Crippen molar-refractivity contribution < 1.29 is 14.7 Å². The average molecular weight is 199 g/mol. The van der Waals surface area contributed by atoms with E-state index in [1.165, 1.54) is 6.08 Å². The highest BCUT2D eigenvalue weighted by molar-refractivity contribution is 5.91. The number of hydrogen-bond acceptors (Lipinski definition) is 2. The molecule has 0 aromatic carbocycles. The summed E-state index contributed by atoms with van der Waals surface area (Å²) in [5.74, 6) is -1.40. The summed E-state index contributed by atoms with van der Waals surface area (Å²) in [7, 11) is 0. The van der Waals surface area contributed by atoms with Gasteiger partial charge in [0.15, 0.2) is 0 Å². The molecule has 1 atom stereocenters. The summed E-state index contributed by atoms with van der Waals surface area (Å²) in [4.78, 5) is 22.0. The third kappa shape index (κ3) is 4.07. The van der Waals surface area contributed by atoms with Crippen LogP contribution in [0, 0.1) is 5.41 Å². The minimum absolute atomic E-state index is 0.380. The van der Waals surface area contributed by atoms with Crippen molar-refractivity contribution >= 4 is 11.9 Å². The molecule has 0 spiro atoms. The highest BCUT2D eigenvalue weighted by atomic mass is 16.4. The van der Waals surface area contributed by atoms with Crippen molar-refractivity contribution in [3.8, 4) is 0 Å². The van der Waals surface area contributed by atoms with Crippen molar-refractivity contribution in [3.63, 3.8) is 0 Å². The number of aliphatic carboxylic acids is 1. The van der Waals surface area contributed by atoms with E-state index in [1.54, 1.807) is 33.8 Å². The van der Waals surface area contributed by atoms with E-state index < -0.39 is 17.4 Å². The second kappa shape index (κ2) is 4.79. The molecular formula is C10H17NO3. The van der Waals surface area contributed by atoms with Crippen LogP contribution in [-0.4, -0.2) is 23.0 Å². The first-order valence-electron chi connectivity index (χ1n) is 4.45. The second-order valence-electron chi connectivity index (χ2n) is 4.15. The fourth-order valence-electron chi connectivity index (χ4n) is 0.990. The van der Waals surface area contributed by atoms with Gasteiger partial charge in [0, 0.05) is 0 Å². The SMILES string of the molecule is C/C=C/C(=O)NC(C(=O)O)C(C)(C)C. The normalized spacial score (nSPS) is 14.0. The number of carboxylic acids is 1. The molecule has 0 bridgehead atoms. The summed E-state index contributed by atoms with van der Waals surface area (Å²) in [6.07, 6.45) is 2.87. The van der Waals surface area contributed by atoms with Crippen LogP contribution in [0.1, 0.15) is 27.7 Å². The molecule has 0 saturated heterocycles.